The Morgan fingerprint density at radius 3 is 2.73 bits per heavy atom. The maximum Gasteiger partial charge on any atom is 0.255 e. The molecule has 2 N–H and O–H groups in total. The van der Waals surface area contributed by atoms with Gasteiger partial charge in [-0.15, -0.1) is 0 Å². The van der Waals surface area contributed by atoms with Crippen molar-refractivity contribution in [1.29, 1.82) is 0 Å². The lowest BCUT2D eigenvalue weighted by atomic mass is 10.0. The molecular formula is C16H14BrFN2O2. The summed E-state index contributed by atoms with van der Waals surface area (Å²) in [5.74, 6) is -0.224. The number of hydrogen-bond donors (Lipinski definition) is 2. The molecule has 6 heteroatoms. The van der Waals surface area contributed by atoms with E-state index < -0.39 is 12.0 Å². The first-order valence-corrected chi connectivity index (χ1v) is 7.50. The molecule has 4 nitrogen and oxygen atoms in total. The number of hydrogen-bond acceptors (Lipinski definition) is 3. The van der Waals surface area contributed by atoms with Crippen LogP contribution in [0.25, 0.3) is 0 Å². The van der Waals surface area contributed by atoms with Gasteiger partial charge in [0, 0.05) is 17.3 Å². The fraction of sp³-hybridized carbons (Fsp3) is 0.188. The SMILES string of the molecule is COc1cc(F)c(Br)cc1C1NC(=O)c2cc(C)ccc2N1. The van der Waals surface area contributed by atoms with E-state index in [0.29, 0.717) is 21.3 Å². The summed E-state index contributed by atoms with van der Waals surface area (Å²) in [6, 6.07) is 8.51. The minimum atomic E-state index is -0.491. The zero-order chi connectivity index (χ0) is 15.9. The Bertz CT molecular complexity index is 764. The minimum absolute atomic E-state index is 0.176. The van der Waals surface area contributed by atoms with Gasteiger partial charge in [-0.2, -0.15) is 0 Å². The van der Waals surface area contributed by atoms with E-state index in [2.05, 4.69) is 26.6 Å². The summed E-state index contributed by atoms with van der Waals surface area (Å²) < 4.78 is 19.2. The van der Waals surface area contributed by atoms with Crippen LogP contribution < -0.4 is 15.4 Å². The zero-order valence-electron chi connectivity index (χ0n) is 12.0. The molecule has 1 heterocycles. The summed E-state index contributed by atoms with van der Waals surface area (Å²) in [5.41, 5.74) is 2.99. The number of methoxy groups -OCH3 is 1. The number of aryl methyl sites for hydroxylation is 1. The fourth-order valence-corrected chi connectivity index (χ4v) is 2.84. The largest absolute Gasteiger partial charge is 0.496 e. The summed E-state index contributed by atoms with van der Waals surface area (Å²) >= 11 is 3.16. The molecule has 0 aromatic heterocycles. The number of rotatable bonds is 2. The van der Waals surface area contributed by atoms with Crippen molar-refractivity contribution in [2.75, 3.05) is 12.4 Å². The number of benzene rings is 2. The van der Waals surface area contributed by atoms with Gasteiger partial charge in [-0.1, -0.05) is 11.6 Å². The number of carbonyl (C=O) groups is 1. The molecule has 1 unspecified atom stereocenters. The zero-order valence-corrected chi connectivity index (χ0v) is 13.6. The lowest BCUT2D eigenvalue weighted by Gasteiger charge is -2.29. The Hall–Kier alpha value is -2.08. The van der Waals surface area contributed by atoms with Gasteiger partial charge >= 0.3 is 0 Å². The summed E-state index contributed by atoms with van der Waals surface area (Å²) in [5, 5.41) is 6.10. The molecule has 1 aliphatic rings. The first kappa shape index (κ1) is 14.8. The second kappa shape index (κ2) is 5.61. The number of fused-ring (bicyclic) bond motifs is 1. The molecule has 2 aromatic rings. The van der Waals surface area contributed by atoms with Gasteiger partial charge in [-0.05, 0) is 41.1 Å². The van der Waals surface area contributed by atoms with E-state index in [1.165, 1.54) is 13.2 Å². The number of anilines is 1. The molecule has 0 bridgehead atoms. The van der Waals surface area contributed by atoms with Crippen molar-refractivity contribution < 1.29 is 13.9 Å². The Balaban J connectivity index is 2.03. The first-order chi connectivity index (χ1) is 10.5. The van der Waals surface area contributed by atoms with E-state index in [1.54, 1.807) is 6.07 Å². The molecular weight excluding hydrogens is 351 g/mol. The number of nitrogens with one attached hydrogen (secondary N) is 2. The van der Waals surface area contributed by atoms with Crippen molar-refractivity contribution in [3.63, 3.8) is 0 Å². The summed E-state index contributed by atoms with van der Waals surface area (Å²) in [6.07, 6.45) is -0.491. The summed E-state index contributed by atoms with van der Waals surface area (Å²) in [4.78, 5) is 12.3. The van der Waals surface area contributed by atoms with E-state index in [0.717, 1.165) is 11.3 Å². The molecule has 1 amide bonds. The van der Waals surface area contributed by atoms with Gasteiger partial charge in [0.2, 0.25) is 0 Å². The van der Waals surface area contributed by atoms with Gasteiger partial charge < -0.3 is 15.4 Å². The predicted octanol–water partition coefficient (Wildman–Crippen LogP) is 3.76. The highest BCUT2D eigenvalue weighted by Crippen LogP contribution is 2.34. The third kappa shape index (κ3) is 2.54. The summed E-state index contributed by atoms with van der Waals surface area (Å²) in [6.45, 7) is 1.93. The number of ether oxygens (including phenoxy) is 1. The Morgan fingerprint density at radius 2 is 2.00 bits per heavy atom. The molecule has 114 valence electrons. The van der Waals surface area contributed by atoms with Crippen LogP contribution in [0.3, 0.4) is 0 Å². The standard InChI is InChI=1S/C16H14BrFN2O2/c1-8-3-4-13-9(5-8)16(21)20-15(19-13)10-6-11(17)12(18)7-14(10)22-2/h3-7,15,19H,1-2H3,(H,20,21). The van der Waals surface area contributed by atoms with Crippen LogP contribution >= 0.6 is 15.9 Å². The second-order valence-corrected chi connectivity index (χ2v) is 5.96. The van der Waals surface area contributed by atoms with Crippen molar-refractivity contribution in [2.24, 2.45) is 0 Å². The molecule has 3 rings (SSSR count). The maximum atomic E-state index is 13.6. The third-order valence-electron chi connectivity index (χ3n) is 3.58. The highest BCUT2D eigenvalue weighted by atomic mass is 79.9. The molecule has 22 heavy (non-hydrogen) atoms. The van der Waals surface area contributed by atoms with Crippen molar-refractivity contribution in [2.45, 2.75) is 13.1 Å². The van der Waals surface area contributed by atoms with Crippen molar-refractivity contribution in [3.05, 3.63) is 57.3 Å². The average molecular weight is 365 g/mol. The van der Waals surface area contributed by atoms with Crippen LogP contribution in [0, 0.1) is 12.7 Å². The van der Waals surface area contributed by atoms with Crippen LogP contribution in [-0.2, 0) is 0 Å². The van der Waals surface area contributed by atoms with Crippen LogP contribution in [0.15, 0.2) is 34.8 Å². The highest BCUT2D eigenvalue weighted by Gasteiger charge is 2.27. The van der Waals surface area contributed by atoms with Crippen LogP contribution in [-0.4, -0.2) is 13.0 Å². The van der Waals surface area contributed by atoms with E-state index in [1.807, 2.05) is 25.1 Å². The average Bonchev–Trinajstić information content (AvgIpc) is 2.50. The molecule has 0 spiro atoms. The molecule has 2 aromatic carbocycles. The normalized spacial score (nSPS) is 16.5. The quantitative estimate of drug-likeness (QED) is 0.852. The van der Waals surface area contributed by atoms with Gasteiger partial charge in [0.25, 0.3) is 5.91 Å². The first-order valence-electron chi connectivity index (χ1n) is 6.70. The van der Waals surface area contributed by atoms with Crippen LogP contribution in [0.4, 0.5) is 10.1 Å². The third-order valence-corrected chi connectivity index (χ3v) is 4.19. The topological polar surface area (TPSA) is 50.4 Å². The minimum Gasteiger partial charge on any atom is -0.496 e. The maximum absolute atomic E-state index is 13.6. The lowest BCUT2D eigenvalue weighted by Crippen LogP contribution is -2.38. The number of carbonyl (C=O) groups excluding carboxylic acids is 1. The monoisotopic (exact) mass is 364 g/mol. The van der Waals surface area contributed by atoms with Gasteiger partial charge in [0.1, 0.15) is 17.7 Å². The molecule has 1 atom stereocenters. The Kier molecular flexibility index (Phi) is 3.78. The number of amides is 1. The lowest BCUT2D eigenvalue weighted by molar-refractivity contribution is 0.0935. The molecule has 0 saturated heterocycles. The van der Waals surface area contributed by atoms with E-state index in [4.69, 9.17) is 4.74 Å². The molecule has 0 aliphatic carbocycles. The van der Waals surface area contributed by atoms with Crippen LogP contribution in [0.1, 0.15) is 27.7 Å². The summed E-state index contributed by atoms with van der Waals surface area (Å²) in [7, 11) is 1.47. The van der Waals surface area contributed by atoms with Gasteiger partial charge in [0.05, 0.1) is 17.1 Å². The highest BCUT2D eigenvalue weighted by molar-refractivity contribution is 9.10. The Labute approximate surface area is 135 Å². The van der Waals surface area contributed by atoms with Gasteiger partial charge in [-0.3, -0.25) is 4.79 Å². The second-order valence-electron chi connectivity index (χ2n) is 5.11. The van der Waals surface area contributed by atoms with E-state index in [-0.39, 0.29) is 5.91 Å². The van der Waals surface area contributed by atoms with Crippen molar-refractivity contribution in [1.82, 2.24) is 5.32 Å². The van der Waals surface area contributed by atoms with Crippen LogP contribution in [0.5, 0.6) is 5.75 Å². The van der Waals surface area contributed by atoms with E-state index in [9.17, 15) is 9.18 Å². The van der Waals surface area contributed by atoms with Crippen molar-refractivity contribution in [3.8, 4) is 5.75 Å². The fourth-order valence-electron chi connectivity index (χ4n) is 2.47. The predicted molar refractivity (Wildman–Crippen MR) is 85.7 cm³/mol. The molecule has 0 radical (unpaired) electrons. The van der Waals surface area contributed by atoms with Gasteiger partial charge in [0.15, 0.2) is 0 Å². The molecule has 0 saturated carbocycles. The van der Waals surface area contributed by atoms with Crippen LogP contribution in [0.2, 0.25) is 0 Å². The van der Waals surface area contributed by atoms with Gasteiger partial charge in [-0.25, -0.2) is 4.39 Å². The van der Waals surface area contributed by atoms with E-state index >= 15 is 0 Å². The molecule has 1 aliphatic heterocycles. The number of halogens is 2. The van der Waals surface area contributed by atoms with Crippen molar-refractivity contribution >= 4 is 27.5 Å². The Morgan fingerprint density at radius 1 is 1.23 bits per heavy atom. The smallest absolute Gasteiger partial charge is 0.255 e. The molecule has 0 fully saturated rings.